The minimum Gasteiger partial charge on any atom is -0.311 e. The Morgan fingerprint density at radius 3 is 2.50 bits per heavy atom. The Hall–Kier alpha value is -0.510. The summed E-state index contributed by atoms with van der Waals surface area (Å²) in [6.45, 7) is 10.2. The van der Waals surface area contributed by atoms with E-state index in [9.17, 15) is 0 Å². The fraction of sp³-hybridized carbons (Fsp3) is 0.600. The smallest absolute Gasteiger partial charge is 0.0211 e. The lowest BCUT2D eigenvalue weighted by atomic mass is 10.0. The number of aryl methyl sites for hydroxylation is 2. The number of nitrogens with zero attached hydrogens (tertiary/aromatic N) is 1. The van der Waals surface area contributed by atoms with Crippen molar-refractivity contribution in [3.8, 4) is 0 Å². The van der Waals surface area contributed by atoms with Gasteiger partial charge in [-0.3, -0.25) is 0 Å². The Labute approximate surface area is 115 Å². The maximum atomic E-state index is 3.58. The van der Waals surface area contributed by atoms with Crippen LogP contribution in [0, 0.1) is 13.8 Å². The lowest BCUT2D eigenvalue weighted by Gasteiger charge is -2.26. The second-order valence-corrected chi connectivity index (χ2v) is 6.23. The maximum Gasteiger partial charge on any atom is 0.0211 e. The van der Waals surface area contributed by atoms with Crippen LogP contribution in [0.2, 0.25) is 0 Å². The van der Waals surface area contributed by atoms with Crippen LogP contribution < -0.4 is 5.32 Å². The molecule has 0 radical (unpaired) electrons. The maximum absolute atomic E-state index is 3.58. The summed E-state index contributed by atoms with van der Waals surface area (Å²) in [5.41, 5.74) is 4.26. The zero-order valence-corrected chi connectivity index (χ0v) is 12.4. The van der Waals surface area contributed by atoms with Crippen molar-refractivity contribution in [3.05, 3.63) is 34.9 Å². The third kappa shape index (κ3) is 4.01. The number of thioether (sulfide) groups is 1. The van der Waals surface area contributed by atoms with E-state index >= 15 is 0 Å². The van der Waals surface area contributed by atoms with Crippen LogP contribution in [0.15, 0.2) is 18.2 Å². The highest BCUT2D eigenvalue weighted by Crippen LogP contribution is 2.12. The molecule has 0 spiro atoms. The minimum atomic E-state index is 1.00. The van der Waals surface area contributed by atoms with Crippen molar-refractivity contribution in [2.45, 2.75) is 20.4 Å². The topological polar surface area (TPSA) is 15.3 Å². The van der Waals surface area contributed by atoms with Gasteiger partial charge in [0, 0.05) is 44.2 Å². The lowest BCUT2D eigenvalue weighted by Crippen LogP contribution is -2.37. The average Bonchev–Trinajstić information content (AvgIpc) is 2.38. The molecule has 1 aliphatic rings. The molecule has 1 aliphatic heterocycles. The predicted octanol–water partition coefficient (Wildman–Crippen LogP) is 2.44. The Morgan fingerprint density at radius 2 is 1.83 bits per heavy atom. The molecule has 1 fully saturated rings. The number of nitrogens with one attached hydrogen (secondary N) is 1. The summed E-state index contributed by atoms with van der Waals surface area (Å²) in [7, 11) is 0. The van der Waals surface area contributed by atoms with E-state index in [1.807, 2.05) is 0 Å². The standard InChI is InChI=1S/C15H24N2S/c1-13-4-3-5-14(2)15(13)12-16-6-7-17-8-10-18-11-9-17/h3-5,16H,6-12H2,1-2H3. The molecule has 100 valence electrons. The van der Waals surface area contributed by atoms with Gasteiger partial charge in [0.15, 0.2) is 0 Å². The molecule has 18 heavy (non-hydrogen) atoms. The van der Waals surface area contributed by atoms with E-state index in [2.05, 4.69) is 54.0 Å². The van der Waals surface area contributed by atoms with Gasteiger partial charge in [-0.05, 0) is 30.5 Å². The molecular weight excluding hydrogens is 240 g/mol. The van der Waals surface area contributed by atoms with Crippen LogP contribution in [0.4, 0.5) is 0 Å². The number of hydrogen-bond donors (Lipinski definition) is 1. The molecule has 0 saturated carbocycles. The molecule has 1 N–H and O–H groups in total. The van der Waals surface area contributed by atoms with Gasteiger partial charge in [0.1, 0.15) is 0 Å². The van der Waals surface area contributed by atoms with Crippen molar-refractivity contribution in [2.24, 2.45) is 0 Å². The van der Waals surface area contributed by atoms with Gasteiger partial charge in [-0.2, -0.15) is 11.8 Å². The van der Waals surface area contributed by atoms with Gasteiger partial charge >= 0.3 is 0 Å². The van der Waals surface area contributed by atoms with Crippen LogP contribution >= 0.6 is 11.8 Å². The van der Waals surface area contributed by atoms with E-state index in [0.29, 0.717) is 0 Å². The first kappa shape index (κ1) is 13.9. The molecule has 0 unspecified atom stereocenters. The van der Waals surface area contributed by atoms with E-state index in [4.69, 9.17) is 0 Å². The van der Waals surface area contributed by atoms with Gasteiger partial charge in [-0.15, -0.1) is 0 Å². The van der Waals surface area contributed by atoms with Gasteiger partial charge < -0.3 is 10.2 Å². The summed E-state index contributed by atoms with van der Waals surface area (Å²) < 4.78 is 0. The quantitative estimate of drug-likeness (QED) is 0.822. The van der Waals surface area contributed by atoms with Crippen LogP contribution in [0.3, 0.4) is 0 Å². The number of rotatable bonds is 5. The molecular formula is C15H24N2S. The van der Waals surface area contributed by atoms with Crippen LogP contribution in [0.5, 0.6) is 0 Å². The molecule has 2 rings (SSSR count). The highest BCUT2D eigenvalue weighted by atomic mass is 32.2. The third-order valence-corrected chi connectivity index (χ3v) is 4.60. The van der Waals surface area contributed by atoms with Crippen molar-refractivity contribution in [2.75, 3.05) is 37.7 Å². The van der Waals surface area contributed by atoms with Crippen LogP contribution in [-0.2, 0) is 6.54 Å². The molecule has 1 aromatic rings. The van der Waals surface area contributed by atoms with Crippen LogP contribution in [-0.4, -0.2) is 42.6 Å². The molecule has 0 aromatic heterocycles. The summed E-state index contributed by atoms with van der Waals surface area (Å²) >= 11 is 2.08. The van der Waals surface area contributed by atoms with Crippen molar-refractivity contribution in [1.29, 1.82) is 0 Å². The van der Waals surface area contributed by atoms with Crippen LogP contribution in [0.25, 0.3) is 0 Å². The molecule has 3 heteroatoms. The monoisotopic (exact) mass is 264 g/mol. The first-order chi connectivity index (χ1) is 8.77. The van der Waals surface area contributed by atoms with E-state index in [-0.39, 0.29) is 0 Å². The summed E-state index contributed by atoms with van der Waals surface area (Å²) in [5.74, 6) is 2.60. The highest BCUT2D eigenvalue weighted by Gasteiger charge is 2.09. The molecule has 0 bridgehead atoms. The van der Waals surface area contributed by atoms with Crippen molar-refractivity contribution in [1.82, 2.24) is 10.2 Å². The second kappa shape index (κ2) is 7.17. The zero-order valence-electron chi connectivity index (χ0n) is 11.5. The second-order valence-electron chi connectivity index (χ2n) is 5.00. The molecule has 0 amide bonds. The first-order valence-electron chi connectivity index (χ1n) is 6.83. The molecule has 0 atom stereocenters. The fourth-order valence-electron chi connectivity index (χ4n) is 2.40. The summed E-state index contributed by atoms with van der Waals surface area (Å²) in [6, 6.07) is 6.54. The number of hydrogen-bond acceptors (Lipinski definition) is 3. The van der Waals surface area contributed by atoms with E-state index < -0.39 is 0 Å². The largest absolute Gasteiger partial charge is 0.311 e. The van der Waals surface area contributed by atoms with Gasteiger partial charge in [-0.1, -0.05) is 18.2 Å². The van der Waals surface area contributed by atoms with E-state index in [1.165, 1.54) is 47.8 Å². The Kier molecular flexibility index (Phi) is 5.54. The molecule has 0 aliphatic carbocycles. The predicted molar refractivity (Wildman–Crippen MR) is 81.4 cm³/mol. The molecule has 1 saturated heterocycles. The Bertz CT molecular complexity index is 353. The normalized spacial score (nSPS) is 17.0. The van der Waals surface area contributed by atoms with Gasteiger partial charge in [0.05, 0.1) is 0 Å². The molecule has 2 nitrogen and oxygen atoms in total. The molecule has 1 aromatic carbocycles. The fourth-order valence-corrected chi connectivity index (χ4v) is 3.38. The summed E-state index contributed by atoms with van der Waals surface area (Å²) in [5, 5.41) is 3.58. The average molecular weight is 264 g/mol. The zero-order chi connectivity index (χ0) is 12.8. The van der Waals surface area contributed by atoms with Crippen molar-refractivity contribution in [3.63, 3.8) is 0 Å². The van der Waals surface area contributed by atoms with Crippen molar-refractivity contribution >= 4 is 11.8 Å². The van der Waals surface area contributed by atoms with E-state index in [1.54, 1.807) is 0 Å². The first-order valence-corrected chi connectivity index (χ1v) is 7.99. The van der Waals surface area contributed by atoms with Crippen molar-refractivity contribution < 1.29 is 0 Å². The summed E-state index contributed by atoms with van der Waals surface area (Å²) in [6.07, 6.45) is 0. The van der Waals surface area contributed by atoms with Crippen LogP contribution in [0.1, 0.15) is 16.7 Å². The third-order valence-electron chi connectivity index (χ3n) is 3.65. The van der Waals surface area contributed by atoms with Gasteiger partial charge in [0.25, 0.3) is 0 Å². The Balaban J connectivity index is 1.71. The Morgan fingerprint density at radius 1 is 1.17 bits per heavy atom. The SMILES string of the molecule is Cc1cccc(C)c1CNCCN1CCSCC1. The minimum absolute atomic E-state index is 1.00. The number of benzene rings is 1. The highest BCUT2D eigenvalue weighted by molar-refractivity contribution is 7.99. The van der Waals surface area contributed by atoms with E-state index in [0.717, 1.165) is 13.1 Å². The molecule has 1 heterocycles. The van der Waals surface area contributed by atoms with Gasteiger partial charge in [-0.25, -0.2) is 0 Å². The van der Waals surface area contributed by atoms with Gasteiger partial charge in [0.2, 0.25) is 0 Å². The summed E-state index contributed by atoms with van der Waals surface area (Å²) in [4.78, 5) is 2.56. The lowest BCUT2D eigenvalue weighted by molar-refractivity contribution is 0.301.